The van der Waals surface area contributed by atoms with Gasteiger partial charge in [0.25, 0.3) is 0 Å². The molecule has 2 unspecified atom stereocenters. The third-order valence-corrected chi connectivity index (χ3v) is 3.46. The molecular weight excluding hydrogens is 255 g/mol. The maximum Gasteiger partial charge on any atom is 0.123 e. The minimum Gasteiger partial charge on any atom is -0.389 e. The summed E-state index contributed by atoms with van der Waals surface area (Å²) in [7, 11) is 0. The molecule has 1 aromatic rings. The van der Waals surface area contributed by atoms with Crippen molar-refractivity contribution in [2.24, 2.45) is 5.73 Å². The van der Waals surface area contributed by atoms with Gasteiger partial charge in [0.05, 0.1) is 11.6 Å². The van der Waals surface area contributed by atoms with Crippen molar-refractivity contribution < 1.29 is 9.50 Å². The van der Waals surface area contributed by atoms with Crippen molar-refractivity contribution in [1.29, 1.82) is 0 Å². The first-order chi connectivity index (χ1) is 9.28. The Bertz CT molecular complexity index is 417. The van der Waals surface area contributed by atoms with E-state index >= 15 is 0 Å². The summed E-state index contributed by atoms with van der Waals surface area (Å²) in [6.07, 6.45) is 0.795. The van der Waals surface area contributed by atoms with E-state index in [0.29, 0.717) is 6.54 Å². The topological polar surface area (TPSA) is 49.5 Å². The number of halogens is 1. The van der Waals surface area contributed by atoms with E-state index in [1.54, 1.807) is 19.9 Å². The number of rotatable bonds is 7. The molecule has 1 rings (SSSR count). The van der Waals surface area contributed by atoms with Gasteiger partial charge in [0.15, 0.2) is 0 Å². The second kappa shape index (κ2) is 7.16. The van der Waals surface area contributed by atoms with Gasteiger partial charge in [-0.1, -0.05) is 26.0 Å². The lowest BCUT2D eigenvalue weighted by atomic mass is 9.94. The molecule has 0 heterocycles. The molecule has 0 aliphatic carbocycles. The first kappa shape index (κ1) is 17.1. The second-order valence-corrected chi connectivity index (χ2v) is 5.95. The standard InChI is InChI=1S/C16H27FN2O/c1-5-14(18)15(12-8-7-9-13(17)10-12)19(6-2)11-16(3,4)20/h7-10,14-15,20H,5-6,11,18H2,1-4H3. The molecule has 4 heteroatoms. The van der Waals surface area contributed by atoms with Crippen molar-refractivity contribution in [1.82, 2.24) is 4.90 Å². The van der Waals surface area contributed by atoms with E-state index in [1.165, 1.54) is 12.1 Å². The summed E-state index contributed by atoms with van der Waals surface area (Å²) < 4.78 is 13.5. The van der Waals surface area contributed by atoms with Crippen LogP contribution >= 0.6 is 0 Å². The van der Waals surface area contributed by atoms with Crippen LogP contribution < -0.4 is 5.73 Å². The van der Waals surface area contributed by atoms with Crippen LogP contribution in [0, 0.1) is 5.82 Å². The van der Waals surface area contributed by atoms with Crippen molar-refractivity contribution in [2.45, 2.75) is 51.8 Å². The smallest absolute Gasteiger partial charge is 0.123 e. The zero-order valence-electron chi connectivity index (χ0n) is 12.9. The highest BCUT2D eigenvalue weighted by molar-refractivity contribution is 5.22. The fourth-order valence-electron chi connectivity index (χ4n) is 2.55. The number of nitrogens with zero attached hydrogens (tertiary/aromatic N) is 1. The predicted octanol–water partition coefficient (Wildman–Crippen LogP) is 2.70. The number of benzene rings is 1. The van der Waals surface area contributed by atoms with Crippen molar-refractivity contribution in [2.75, 3.05) is 13.1 Å². The molecule has 2 atom stereocenters. The van der Waals surface area contributed by atoms with Gasteiger partial charge in [0, 0.05) is 12.6 Å². The van der Waals surface area contributed by atoms with Gasteiger partial charge in [0.1, 0.15) is 5.82 Å². The van der Waals surface area contributed by atoms with Gasteiger partial charge in [0.2, 0.25) is 0 Å². The van der Waals surface area contributed by atoms with Crippen LogP contribution in [-0.4, -0.2) is 34.7 Å². The number of aliphatic hydroxyl groups is 1. The molecule has 0 spiro atoms. The lowest BCUT2D eigenvalue weighted by Gasteiger charge is -2.38. The van der Waals surface area contributed by atoms with E-state index in [1.807, 2.05) is 19.9 Å². The molecular formula is C16H27FN2O. The summed E-state index contributed by atoms with van der Waals surface area (Å²) in [5.41, 5.74) is 6.30. The molecule has 0 saturated heterocycles. The van der Waals surface area contributed by atoms with Crippen LogP contribution in [0.4, 0.5) is 4.39 Å². The molecule has 0 fully saturated rings. The van der Waals surface area contributed by atoms with Crippen LogP contribution in [0.2, 0.25) is 0 Å². The molecule has 1 aromatic carbocycles. The highest BCUT2D eigenvalue weighted by Crippen LogP contribution is 2.27. The monoisotopic (exact) mass is 282 g/mol. The summed E-state index contributed by atoms with van der Waals surface area (Å²) in [5, 5.41) is 10.1. The van der Waals surface area contributed by atoms with Crippen LogP contribution in [0.1, 0.15) is 45.7 Å². The second-order valence-electron chi connectivity index (χ2n) is 5.95. The Morgan fingerprint density at radius 1 is 1.35 bits per heavy atom. The molecule has 20 heavy (non-hydrogen) atoms. The first-order valence-corrected chi connectivity index (χ1v) is 7.26. The predicted molar refractivity (Wildman–Crippen MR) is 81.0 cm³/mol. The zero-order chi connectivity index (χ0) is 15.3. The molecule has 0 radical (unpaired) electrons. The van der Waals surface area contributed by atoms with Crippen molar-refractivity contribution >= 4 is 0 Å². The van der Waals surface area contributed by atoms with Gasteiger partial charge in [-0.05, 0) is 44.5 Å². The number of likely N-dealkylation sites (N-methyl/N-ethyl adjacent to an activating group) is 1. The third kappa shape index (κ3) is 4.85. The number of hydrogen-bond donors (Lipinski definition) is 2. The average Bonchev–Trinajstić information content (AvgIpc) is 2.36. The summed E-state index contributed by atoms with van der Waals surface area (Å²) in [6, 6.07) is 6.39. The molecule has 0 aliphatic heterocycles. The molecule has 0 saturated carbocycles. The van der Waals surface area contributed by atoms with Gasteiger partial charge in [-0.2, -0.15) is 0 Å². The Morgan fingerprint density at radius 3 is 2.45 bits per heavy atom. The van der Waals surface area contributed by atoms with Crippen LogP contribution in [0.15, 0.2) is 24.3 Å². The summed E-state index contributed by atoms with van der Waals surface area (Å²) >= 11 is 0. The number of hydrogen-bond acceptors (Lipinski definition) is 3. The maximum absolute atomic E-state index is 13.5. The van der Waals surface area contributed by atoms with Gasteiger partial charge < -0.3 is 10.8 Å². The zero-order valence-corrected chi connectivity index (χ0v) is 12.9. The Balaban J connectivity index is 3.10. The molecule has 3 nitrogen and oxygen atoms in total. The Hall–Kier alpha value is -0.970. The lowest BCUT2D eigenvalue weighted by Crippen LogP contribution is -2.46. The van der Waals surface area contributed by atoms with Crippen molar-refractivity contribution in [3.05, 3.63) is 35.6 Å². The Labute approximate surface area is 121 Å². The first-order valence-electron chi connectivity index (χ1n) is 7.26. The van der Waals surface area contributed by atoms with Gasteiger partial charge >= 0.3 is 0 Å². The van der Waals surface area contributed by atoms with Crippen LogP contribution in [-0.2, 0) is 0 Å². The SMILES string of the molecule is CCC(N)C(c1cccc(F)c1)N(CC)CC(C)(C)O. The molecule has 0 amide bonds. The highest BCUT2D eigenvalue weighted by Gasteiger charge is 2.28. The van der Waals surface area contributed by atoms with E-state index in [4.69, 9.17) is 5.73 Å². The summed E-state index contributed by atoms with van der Waals surface area (Å²) in [5.74, 6) is -0.255. The molecule has 0 bridgehead atoms. The fourth-order valence-corrected chi connectivity index (χ4v) is 2.55. The van der Waals surface area contributed by atoms with Crippen LogP contribution in [0.3, 0.4) is 0 Å². The molecule has 3 N–H and O–H groups in total. The summed E-state index contributed by atoms with van der Waals surface area (Å²) in [6.45, 7) is 8.85. The van der Waals surface area contributed by atoms with Crippen molar-refractivity contribution in [3.63, 3.8) is 0 Å². The van der Waals surface area contributed by atoms with E-state index in [9.17, 15) is 9.50 Å². The Kier molecular flexibility index (Phi) is 6.11. The largest absolute Gasteiger partial charge is 0.389 e. The normalized spacial score (nSPS) is 15.4. The maximum atomic E-state index is 13.5. The van der Waals surface area contributed by atoms with E-state index in [-0.39, 0.29) is 17.9 Å². The Morgan fingerprint density at radius 2 is 2.00 bits per heavy atom. The van der Waals surface area contributed by atoms with Gasteiger partial charge in [-0.15, -0.1) is 0 Å². The molecule has 0 aromatic heterocycles. The van der Waals surface area contributed by atoms with E-state index in [2.05, 4.69) is 4.90 Å². The third-order valence-electron chi connectivity index (χ3n) is 3.46. The fraction of sp³-hybridized carbons (Fsp3) is 0.625. The van der Waals surface area contributed by atoms with Gasteiger partial charge in [-0.25, -0.2) is 4.39 Å². The van der Waals surface area contributed by atoms with Gasteiger partial charge in [-0.3, -0.25) is 4.90 Å². The quantitative estimate of drug-likeness (QED) is 0.808. The van der Waals surface area contributed by atoms with E-state index in [0.717, 1.165) is 18.5 Å². The minimum absolute atomic E-state index is 0.0906. The molecule has 0 aliphatic rings. The van der Waals surface area contributed by atoms with Crippen molar-refractivity contribution in [3.8, 4) is 0 Å². The highest BCUT2D eigenvalue weighted by atomic mass is 19.1. The van der Waals surface area contributed by atoms with Crippen LogP contribution in [0.25, 0.3) is 0 Å². The summed E-state index contributed by atoms with van der Waals surface area (Å²) in [4.78, 5) is 2.11. The van der Waals surface area contributed by atoms with E-state index < -0.39 is 5.60 Å². The molecule has 114 valence electrons. The average molecular weight is 282 g/mol. The van der Waals surface area contributed by atoms with Crippen LogP contribution in [0.5, 0.6) is 0 Å². The lowest BCUT2D eigenvalue weighted by molar-refractivity contribution is 0.0174. The minimum atomic E-state index is -0.810. The number of nitrogens with two attached hydrogens (primary N) is 1.